The normalized spacial score (nSPS) is 11.0. The molecule has 0 aliphatic carbocycles. The number of para-hydroxylation sites is 1. The molecule has 1 N–H and O–H groups in total. The zero-order chi connectivity index (χ0) is 18.7. The van der Waals surface area contributed by atoms with Crippen molar-refractivity contribution in [1.29, 1.82) is 0 Å². The number of hydrogen-bond acceptors (Lipinski definition) is 3. The van der Waals surface area contributed by atoms with Crippen LogP contribution in [0, 0.1) is 13.8 Å². The van der Waals surface area contributed by atoms with E-state index in [1.165, 1.54) is 0 Å². The van der Waals surface area contributed by atoms with Gasteiger partial charge in [-0.05, 0) is 43.0 Å². The van der Waals surface area contributed by atoms with Gasteiger partial charge >= 0.3 is 0 Å². The minimum absolute atomic E-state index is 0.0859. The summed E-state index contributed by atoms with van der Waals surface area (Å²) in [7, 11) is 0. The van der Waals surface area contributed by atoms with Crippen LogP contribution in [0.3, 0.4) is 0 Å². The van der Waals surface area contributed by atoms with Gasteiger partial charge < -0.3 is 9.73 Å². The molecule has 0 saturated heterocycles. The predicted molar refractivity (Wildman–Crippen MR) is 104 cm³/mol. The first-order valence-electron chi connectivity index (χ1n) is 8.86. The first-order chi connectivity index (χ1) is 12.5. The van der Waals surface area contributed by atoms with Crippen molar-refractivity contribution in [1.82, 2.24) is 4.98 Å². The summed E-state index contributed by atoms with van der Waals surface area (Å²) in [6, 6.07) is 15.8. The lowest BCUT2D eigenvalue weighted by molar-refractivity contribution is -0.115. The maximum Gasteiger partial charge on any atom is 0.230 e. The highest BCUT2D eigenvalue weighted by atomic mass is 16.4. The van der Waals surface area contributed by atoms with Crippen LogP contribution in [-0.2, 0) is 11.2 Å². The largest absolute Gasteiger partial charge is 0.441 e. The summed E-state index contributed by atoms with van der Waals surface area (Å²) in [4.78, 5) is 17.1. The maximum atomic E-state index is 12.6. The van der Waals surface area contributed by atoms with Crippen LogP contribution >= 0.6 is 0 Å². The number of anilines is 1. The van der Waals surface area contributed by atoms with Gasteiger partial charge in [0.05, 0.1) is 12.1 Å². The second-order valence-corrected chi connectivity index (χ2v) is 6.81. The number of carbonyl (C=O) groups is 1. The molecule has 3 rings (SSSR count). The minimum atomic E-state index is -0.0859. The number of carbonyl (C=O) groups excluding carboxylic acids is 1. The van der Waals surface area contributed by atoms with Crippen molar-refractivity contribution in [2.45, 2.75) is 40.0 Å². The first-order valence-corrected chi connectivity index (χ1v) is 8.86. The fourth-order valence-electron chi connectivity index (χ4n) is 2.97. The molecule has 134 valence electrons. The molecule has 1 aromatic heterocycles. The summed E-state index contributed by atoms with van der Waals surface area (Å²) in [6.07, 6.45) is 0.189. The Morgan fingerprint density at radius 1 is 1.08 bits per heavy atom. The molecule has 0 radical (unpaired) electrons. The van der Waals surface area contributed by atoms with Crippen LogP contribution < -0.4 is 5.32 Å². The molecule has 2 aromatic carbocycles. The average molecular weight is 348 g/mol. The van der Waals surface area contributed by atoms with E-state index in [9.17, 15) is 4.79 Å². The Hall–Kier alpha value is -2.88. The molecule has 4 heteroatoms. The molecular weight excluding hydrogens is 324 g/mol. The van der Waals surface area contributed by atoms with Crippen LogP contribution in [-0.4, -0.2) is 10.9 Å². The third-order valence-electron chi connectivity index (χ3n) is 4.43. The van der Waals surface area contributed by atoms with Gasteiger partial charge in [0.2, 0.25) is 11.8 Å². The highest BCUT2D eigenvalue weighted by molar-refractivity contribution is 5.93. The fourth-order valence-corrected chi connectivity index (χ4v) is 2.97. The molecule has 4 nitrogen and oxygen atoms in total. The molecule has 0 atom stereocenters. The predicted octanol–water partition coefficient (Wildman–Crippen LogP) is 5.26. The van der Waals surface area contributed by atoms with E-state index < -0.39 is 0 Å². The Bertz CT molecular complexity index is 911. The molecule has 0 saturated carbocycles. The van der Waals surface area contributed by atoms with Crippen LogP contribution in [0.4, 0.5) is 5.69 Å². The number of benzene rings is 2. The molecule has 1 amide bonds. The molecule has 0 aliphatic rings. The van der Waals surface area contributed by atoms with E-state index in [4.69, 9.17) is 4.42 Å². The molecule has 0 unspecified atom stereocenters. The second kappa shape index (κ2) is 7.56. The van der Waals surface area contributed by atoms with Gasteiger partial charge in [-0.2, -0.15) is 0 Å². The number of nitrogens with zero attached hydrogens (tertiary/aromatic N) is 1. The van der Waals surface area contributed by atoms with Crippen LogP contribution in [0.1, 0.15) is 42.3 Å². The molecule has 0 fully saturated rings. The van der Waals surface area contributed by atoms with Crippen molar-refractivity contribution in [2.75, 3.05) is 5.32 Å². The number of rotatable bonds is 5. The van der Waals surface area contributed by atoms with Gasteiger partial charge in [-0.25, -0.2) is 4.98 Å². The summed E-state index contributed by atoms with van der Waals surface area (Å²) < 4.78 is 5.75. The van der Waals surface area contributed by atoms with E-state index >= 15 is 0 Å². The van der Waals surface area contributed by atoms with E-state index in [-0.39, 0.29) is 12.3 Å². The molecule has 0 aliphatic heterocycles. The van der Waals surface area contributed by atoms with Crippen LogP contribution in [0.5, 0.6) is 0 Å². The van der Waals surface area contributed by atoms with Crippen LogP contribution in [0.2, 0.25) is 0 Å². The number of nitrogens with one attached hydrogen (secondary N) is 1. The molecule has 0 bridgehead atoms. The summed E-state index contributed by atoms with van der Waals surface area (Å²) in [6.45, 7) is 8.10. The number of hydrogen-bond donors (Lipinski definition) is 1. The third kappa shape index (κ3) is 3.85. The molecule has 0 spiro atoms. The average Bonchev–Trinajstić information content (AvgIpc) is 2.98. The summed E-state index contributed by atoms with van der Waals surface area (Å²) in [5, 5.41) is 3.06. The number of oxazole rings is 1. The number of aryl methyl sites for hydroxylation is 2. The van der Waals surface area contributed by atoms with E-state index in [0.29, 0.717) is 23.3 Å². The quantitative estimate of drug-likeness (QED) is 0.684. The third-order valence-corrected chi connectivity index (χ3v) is 4.43. The van der Waals surface area contributed by atoms with Gasteiger partial charge in [-0.1, -0.05) is 50.2 Å². The van der Waals surface area contributed by atoms with Crippen molar-refractivity contribution in [3.05, 3.63) is 71.1 Å². The molecular formula is C22H24N2O2. The lowest BCUT2D eigenvalue weighted by Crippen LogP contribution is -2.17. The van der Waals surface area contributed by atoms with E-state index in [1.807, 2.05) is 56.3 Å². The van der Waals surface area contributed by atoms with E-state index in [2.05, 4.69) is 30.2 Å². The van der Waals surface area contributed by atoms with Crippen molar-refractivity contribution < 1.29 is 9.21 Å². The van der Waals surface area contributed by atoms with Gasteiger partial charge in [0, 0.05) is 11.3 Å². The summed E-state index contributed by atoms with van der Waals surface area (Å²) >= 11 is 0. The zero-order valence-electron chi connectivity index (χ0n) is 15.7. The van der Waals surface area contributed by atoms with Gasteiger partial charge in [0.1, 0.15) is 5.76 Å². The Morgan fingerprint density at radius 3 is 2.50 bits per heavy atom. The highest BCUT2D eigenvalue weighted by Crippen LogP contribution is 2.28. The van der Waals surface area contributed by atoms with Gasteiger partial charge in [0.25, 0.3) is 0 Å². The van der Waals surface area contributed by atoms with Crippen molar-refractivity contribution in [3.63, 3.8) is 0 Å². The van der Waals surface area contributed by atoms with Crippen molar-refractivity contribution in [2.24, 2.45) is 0 Å². The Labute approximate surface area is 154 Å². The Morgan fingerprint density at radius 2 is 1.81 bits per heavy atom. The van der Waals surface area contributed by atoms with E-state index in [0.717, 1.165) is 22.4 Å². The Kier molecular flexibility index (Phi) is 5.21. The SMILES string of the molecule is Cc1cccc(C(C)C)c1NC(=O)Cc1nc(-c2ccccc2)oc1C. The zero-order valence-corrected chi connectivity index (χ0v) is 15.7. The molecule has 3 aromatic rings. The number of aromatic nitrogens is 1. The minimum Gasteiger partial charge on any atom is -0.441 e. The number of amides is 1. The lowest BCUT2D eigenvalue weighted by atomic mass is 9.98. The maximum absolute atomic E-state index is 12.6. The smallest absolute Gasteiger partial charge is 0.230 e. The van der Waals surface area contributed by atoms with Crippen LogP contribution in [0.25, 0.3) is 11.5 Å². The fraction of sp³-hybridized carbons (Fsp3) is 0.273. The summed E-state index contributed by atoms with van der Waals surface area (Å²) in [5.41, 5.74) is 4.67. The summed E-state index contributed by atoms with van der Waals surface area (Å²) in [5.74, 6) is 1.47. The van der Waals surface area contributed by atoms with Crippen molar-refractivity contribution >= 4 is 11.6 Å². The first kappa shape index (κ1) is 17.9. The molecule has 26 heavy (non-hydrogen) atoms. The van der Waals surface area contributed by atoms with E-state index in [1.54, 1.807) is 0 Å². The standard InChI is InChI=1S/C22H24N2O2/c1-14(2)18-12-8-9-15(3)21(18)24-20(25)13-19-16(4)26-22(23-19)17-10-6-5-7-11-17/h5-12,14H,13H2,1-4H3,(H,24,25). The van der Waals surface area contributed by atoms with Gasteiger partial charge in [-0.15, -0.1) is 0 Å². The molecule has 1 heterocycles. The van der Waals surface area contributed by atoms with Gasteiger partial charge in [-0.3, -0.25) is 4.79 Å². The highest BCUT2D eigenvalue weighted by Gasteiger charge is 2.17. The topological polar surface area (TPSA) is 55.1 Å². The second-order valence-electron chi connectivity index (χ2n) is 6.81. The van der Waals surface area contributed by atoms with Crippen molar-refractivity contribution in [3.8, 4) is 11.5 Å². The Balaban J connectivity index is 1.79. The lowest BCUT2D eigenvalue weighted by Gasteiger charge is -2.16. The van der Waals surface area contributed by atoms with Crippen LogP contribution in [0.15, 0.2) is 52.9 Å². The van der Waals surface area contributed by atoms with Gasteiger partial charge in [0.15, 0.2) is 0 Å². The monoisotopic (exact) mass is 348 g/mol.